The summed E-state index contributed by atoms with van der Waals surface area (Å²) in [6.45, 7) is 3.80. The standard InChI is InChI=1S/C9H13NO2S/c1-3-7(10)6-4-13-8(5(6)2)9(11)12/h4,7H,3,10H2,1-2H3,(H,11,12)/t7-/m0/s1. The van der Waals surface area contributed by atoms with Gasteiger partial charge in [-0.1, -0.05) is 6.92 Å². The average Bonchev–Trinajstić information content (AvgIpc) is 2.46. The SMILES string of the molecule is CC[C@H](N)c1csc(C(=O)O)c1C. The predicted octanol–water partition coefficient (Wildman–Crippen LogP) is 2.16. The summed E-state index contributed by atoms with van der Waals surface area (Å²) < 4.78 is 0. The van der Waals surface area contributed by atoms with Crippen molar-refractivity contribution < 1.29 is 9.90 Å². The second kappa shape index (κ2) is 3.89. The smallest absolute Gasteiger partial charge is 0.346 e. The normalized spacial score (nSPS) is 12.8. The van der Waals surface area contributed by atoms with Crippen LogP contribution < -0.4 is 5.73 Å². The van der Waals surface area contributed by atoms with Gasteiger partial charge in [0.15, 0.2) is 0 Å². The summed E-state index contributed by atoms with van der Waals surface area (Å²) in [6.07, 6.45) is 0.830. The Bertz CT molecular complexity index is 319. The average molecular weight is 199 g/mol. The molecule has 4 heteroatoms. The Kier molecular flexibility index (Phi) is 3.06. The highest BCUT2D eigenvalue weighted by Gasteiger charge is 2.16. The van der Waals surface area contributed by atoms with E-state index in [0.29, 0.717) is 4.88 Å². The second-order valence-corrected chi connectivity index (χ2v) is 3.84. The number of rotatable bonds is 3. The van der Waals surface area contributed by atoms with Crippen molar-refractivity contribution in [2.24, 2.45) is 5.73 Å². The van der Waals surface area contributed by atoms with Crippen LogP contribution in [0.15, 0.2) is 5.38 Å². The van der Waals surface area contributed by atoms with Gasteiger partial charge >= 0.3 is 5.97 Å². The fourth-order valence-corrected chi connectivity index (χ4v) is 2.22. The molecule has 0 bridgehead atoms. The molecule has 13 heavy (non-hydrogen) atoms. The minimum Gasteiger partial charge on any atom is -0.477 e. The van der Waals surface area contributed by atoms with Crippen molar-refractivity contribution >= 4 is 17.3 Å². The molecule has 1 aromatic heterocycles. The van der Waals surface area contributed by atoms with Crippen molar-refractivity contribution in [3.05, 3.63) is 21.4 Å². The molecular formula is C9H13NO2S. The zero-order valence-corrected chi connectivity index (χ0v) is 8.52. The molecule has 0 saturated heterocycles. The van der Waals surface area contributed by atoms with Gasteiger partial charge in [-0.25, -0.2) is 4.79 Å². The molecule has 0 aliphatic heterocycles. The van der Waals surface area contributed by atoms with Crippen LogP contribution in [-0.2, 0) is 0 Å². The highest BCUT2D eigenvalue weighted by atomic mass is 32.1. The van der Waals surface area contributed by atoms with Crippen LogP contribution in [0.1, 0.15) is 40.2 Å². The zero-order valence-electron chi connectivity index (χ0n) is 7.70. The molecule has 3 nitrogen and oxygen atoms in total. The molecule has 72 valence electrons. The maximum absolute atomic E-state index is 10.7. The maximum Gasteiger partial charge on any atom is 0.346 e. The molecule has 1 rings (SSSR count). The van der Waals surface area contributed by atoms with Gasteiger partial charge in [0, 0.05) is 6.04 Å². The van der Waals surface area contributed by atoms with Crippen LogP contribution in [0.4, 0.5) is 0 Å². The van der Waals surface area contributed by atoms with E-state index in [2.05, 4.69) is 0 Å². The molecular weight excluding hydrogens is 186 g/mol. The largest absolute Gasteiger partial charge is 0.477 e. The summed E-state index contributed by atoms with van der Waals surface area (Å²) in [5, 5.41) is 10.6. The third kappa shape index (κ3) is 1.89. The van der Waals surface area contributed by atoms with Crippen LogP contribution in [-0.4, -0.2) is 11.1 Å². The van der Waals surface area contributed by atoms with Gasteiger partial charge in [0.05, 0.1) is 0 Å². The first-order valence-electron chi connectivity index (χ1n) is 4.14. The lowest BCUT2D eigenvalue weighted by atomic mass is 10.0. The van der Waals surface area contributed by atoms with Crippen molar-refractivity contribution in [2.75, 3.05) is 0 Å². The molecule has 0 aliphatic rings. The van der Waals surface area contributed by atoms with E-state index in [-0.39, 0.29) is 6.04 Å². The number of aromatic carboxylic acids is 1. The van der Waals surface area contributed by atoms with E-state index in [0.717, 1.165) is 17.5 Å². The number of thiophene rings is 1. The fourth-order valence-electron chi connectivity index (χ4n) is 1.23. The highest BCUT2D eigenvalue weighted by Crippen LogP contribution is 2.27. The Morgan fingerprint density at radius 2 is 2.38 bits per heavy atom. The van der Waals surface area contributed by atoms with E-state index in [1.165, 1.54) is 11.3 Å². The first kappa shape index (κ1) is 10.2. The van der Waals surface area contributed by atoms with Gasteiger partial charge in [-0.05, 0) is 29.9 Å². The molecule has 3 N–H and O–H groups in total. The molecule has 0 spiro atoms. The highest BCUT2D eigenvalue weighted by molar-refractivity contribution is 7.12. The summed E-state index contributed by atoms with van der Waals surface area (Å²) in [7, 11) is 0. The lowest BCUT2D eigenvalue weighted by molar-refractivity contribution is 0.0701. The van der Waals surface area contributed by atoms with Crippen molar-refractivity contribution in [3.63, 3.8) is 0 Å². The second-order valence-electron chi connectivity index (χ2n) is 2.97. The molecule has 0 amide bonds. The molecule has 0 saturated carbocycles. The van der Waals surface area contributed by atoms with E-state index in [9.17, 15) is 4.79 Å². The topological polar surface area (TPSA) is 63.3 Å². The summed E-state index contributed by atoms with van der Waals surface area (Å²) in [4.78, 5) is 11.1. The number of hydrogen-bond donors (Lipinski definition) is 2. The number of carboxylic acid groups (broad SMARTS) is 1. The maximum atomic E-state index is 10.7. The monoisotopic (exact) mass is 199 g/mol. The number of carboxylic acids is 1. The molecule has 0 aliphatic carbocycles. The van der Waals surface area contributed by atoms with Crippen molar-refractivity contribution in [3.8, 4) is 0 Å². The van der Waals surface area contributed by atoms with E-state index in [4.69, 9.17) is 10.8 Å². The van der Waals surface area contributed by atoms with Crippen LogP contribution in [0.2, 0.25) is 0 Å². The molecule has 0 radical (unpaired) electrons. The molecule has 1 aromatic rings. The van der Waals surface area contributed by atoms with Gasteiger partial charge in [0.25, 0.3) is 0 Å². The van der Waals surface area contributed by atoms with E-state index in [1.54, 1.807) is 0 Å². The predicted molar refractivity (Wildman–Crippen MR) is 53.2 cm³/mol. The van der Waals surface area contributed by atoms with Crippen LogP contribution >= 0.6 is 11.3 Å². The van der Waals surface area contributed by atoms with Gasteiger partial charge in [0.1, 0.15) is 4.88 Å². The minimum atomic E-state index is -0.864. The van der Waals surface area contributed by atoms with Crippen LogP contribution in [0.5, 0.6) is 0 Å². The van der Waals surface area contributed by atoms with Crippen molar-refractivity contribution in [1.82, 2.24) is 0 Å². The Morgan fingerprint density at radius 1 is 1.77 bits per heavy atom. The molecule has 0 aromatic carbocycles. The minimum absolute atomic E-state index is 0.0376. The van der Waals surface area contributed by atoms with Gasteiger partial charge in [-0.15, -0.1) is 11.3 Å². The lowest BCUT2D eigenvalue weighted by Crippen LogP contribution is -2.09. The Hall–Kier alpha value is -0.870. The Morgan fingerprint density at radius 3 is 2.77 bits per heavy atom. The lowest BCUT2D eigenvalue weighted by Gasteiger charge is -2.07. The first-order valence-corrected chi connectivity index (χ1v) is 5.02. The van der Waals surface area contributed by atoms with Gasteiger partial charge in [0.2, 0.25) is 0 Å². The summed E-state index contributed by atoms with van der Waals surface area (Å²) >= 11 is 1.25. The van der Waals surface area contributed by atoms with Gasteiger partial charge in [-0.3, -0.25) is 0 Å². The molecule has 0 unspecified atom stereocenters. The zero-order chi connectivity index (χ0) is 10.0. The summed E-state index contributed by atoms with van der Waals surface area (Å²) in [5.74, 6) is -0.864. The van der Waals surface area contributed by atoms with E-state index in [1.807, 2.05) is 19.2 Å². The van der Waals surface area contributed by atoms with Gasteiger partial charge in [-0.2, -0.15) is 0 Å². The van der Waals surface area contributed by atoms with Gasteiger partial charge < -0.3 is 10.8 Å². The number of nitrogens with two attached hydrogens (primary N) is 1. The molecule has 1 heterocycles. The van der Waals surface area contributed by atoms with Crippen molar-refractivity contribution in [2.45, 2.75) is 26.3 Å². The van der Waals surface area contributed by atoms with E-state index >= 15 is 0 Å². The summed E-state index contributed by atoms with van der Waals surface area (Å²) in [5.41, 5.74) is 7.60. The first-order chi connectivity index (χ1) is 6.07. The van der Waals surface area contributed by atoms with Crippen LogP contribution in [0, 0.1) is 6.92 Å². The van der Waals surface area contributed by atoms with Crippen LogP contribution in [0.3, 0.4) is 0 Å². The van der Waals surface area contributed by atoms with Crippen LogP contribution in [0.25, 0.3) is 0 Å². The van der Waals surface area contributed by atoms with E-state index < -0.39 is 5.97 Å². The number of carbonyl (C=O) groups is 1. The summed E-state index contributed by atoms with van der Waals surface area (Å²) in [6, 6.07) is -0.0376. The molecule has 1 atom stereocenters. The third-order valence-electron chi connectivity index (χ3n) is 2.11. The quantitative estimate of drug-likeness (QED) is 0.784. The molecule has 0 fully saturated rings. The van der Waals surface area contributed by atoms with Crippen molar-refractivity contribution in [1.29, 1.82) is 0 Å². The Labute approximate surface area is 81.2 Å². The Balaban J connectivity index is 3.06. The third-order valence-corrected chi connectivity index (χ3v) is 3.20. The number of hydrogen-bond acceptors (Lipinski definition) is 3. The fraction of sp³-hybridized carbons (Fsp3) is 0.444.